The minimum Gasteiger partial charge on any atom is -0.312 e. The Hall–Kier alpha value is -2.12. The number of nitriles is 1. The number of amides is 1. The van der Waals surface area contributed by atoms with E-state index in [1.807, 2.05) is 18.2 Å². The third-order valence-corrected chi connectivity index (χ3v) is 5.49. The van der Waals surface area contributed by atoms with Crippen LogP contribution < -0.4 is 5.32 Å². The molecule has 0 radical (unpaired) electrons. The topological polar surface area (TPSA) is 52.9 Å². The van der Waals surface area contributed by atoms with Crippen molar-refractivity contribution < 1.29 is 4.79 Å². The van der Waals surface area contributed by atoms with Gasteiger partial charge in [-0.25, -0.2) is 0 Å². The van der Waals surface area contributed by atoms with Crippen LogP contribution in [0.5, 0.6) is 0 Å². The first-order valence-electron chi connectivity index (χ1n) is 7.64. The van der Waals surface area contributed by atoms with Crippen LogP contribution in [-0.4, -0.2) is 5.91 Å². The summed E-state index contributed by atoms with van der Waals surface area (Å²) in [6.45, 7) is 2.21. The van der Waals surface area contributed by atoms with Crippen LogP contribution in [0.2, 0.25) is 0 Å². The summed E-state index contributed by atoms with van der Waals surface area (Å²) < 4.78 is 0. The second-order valence-electron chi connectivity index (χ2n) is 5.66. The molecular weight excluding hydrogens is 292 g/mol. The Morgan fingerprint density at radius 1 is 1.41 bits per heavy atom. The smallest absolute Gasteiger partial charge is 0.256 e. The van der Waals surface area contributed by atoms with Crippen LogP contribution >= 0.6 is 11.3 Å². The van der Waals surface area contributed by atoms with E-state index in [-0.39, 0.29) is 5.91 Å². The van der Waals surface area contributed by atoms with Gasteiger partial charge in [0.1, 0.15) is 11.1 Å². The SMILES string of the molecule is CCC1CCc2c(sc(NC(=O)c3ccccc3)c2C#N)C1. The van der Waals surface area contributed by atoms with Gasteiger partial charge in [-0.05, 0) is 42.9 Å². The van der Waals surface area contributed by atoms with Crippen LogP contribution in [0.25, 0.3) is 0 Å². The highest BCUT2D eigenvalue weighted by atomic mass is 32.1. The predicted molar refractivity (Wildman–Crippen MR) is 89.2 cm³/mol. The Bertz CT molecular complexity index is 728. The number of anilines is 1. The van der Waals surface area contributed by atoms with Crippen LogP contribution in [-0.2, 0) is 12.8 Å². The summed E-state index contributed by atoms with van der Waals surface area (Å²) in [7, 11) is 0. The zero-order valence-electron chi connectivity index (χ0n) is 12.6. The van der Waals surface area contributed by atoms with Gasteiger partial charge in [-0.2, -0.15) is 5.26 Å². The van der Waals surface area contributed by atoms with Gasteiger partial charge in [-0.3, -0.25) is 4.79 Å². The van der Waals surface area contributed by atoms with Crippen molar-refractivity contribution in [3.8, 4) is 6.07 Å². The van der Waals surface area contributed by atoms with Crippen molar-refractivity contribution in [2.24, 2.45) is 5.92 Å². The lowest BCUT2D eigenvalue weighted by Gasteiger charge is -2.20. The van der Waals surface area contributed by atoms with Crippen molar-refractivity contribution in [3.05, 3.63) is 51.9 Å². The van der Waals surface area contributed by atoms with Gasteiger partial charge in [0.2, 0.25) is 0 Å². The van der Waals surface area contributed by atoms with Gasteiger partial charge < -0.3 is 5.32 Å². The van der Waals surface area contributed by atoms with Gasteiger partial charge in [-0.1, -0.05) is 31.5 Å². The molecule has 1 amide bonds. The lowest BCUT2D eigenvalue weighted by atomic mass is 9.86. The predicted octanol–water partition coefficient (Wildman–Crippen LogP) is 4.39. The molecule has 0 spiro atoms. The molecule has 0 saturated carbocycles. The molecule has 1 N–H and O–H groups in total. The highest BCUT2D eigenvalue weighted by Crippen LogP contribution is 2.40. The van der Waals surface area contributed by atoms with Crippen LogP contribution in [0.15, 0.2) is 30.3 Å². The molecule has 2 aromatic rings. The number of thiophene rings is 1. The summed E-state index contributed by atoms with van der Waals surface area (Å²) in [6, 6.07) is 11.4. The Kier molecular flexibility index (Phi) is 4.26. The summed E-state index contributed by atoms with van der Waals surface area (Å²) >= 11 is 1.57. The number of fused-ring (bicyclic) bond motifs is 1. The number of nitrogens with zero attached hydrogens (tertiary/aromatic N) is 1. The van der Waals surface area contributed by atoms with Crippen LogP contribution in [0.4, 0.5) is 5.00 Å². The van der Waals surface area contributed by atoms with Crippen molar-refractivity contribution in [2.45, 2.75) is 32.6 Å². The zero-order valence-corrected chi connectivity index (χ0v) is 13.4. The molecule has 1 heterocycles. The average molecular weight is 310 g/mol. The highest BCUT2D eigenvalue weighted by molar-refractivity contribution is 7.16. The van der Waals surface area contributed by atoms with E-state index in [4.69, 9.17) is 0 Å². The molecule has 1 atom stereocenters. The molecule has 3 nitrogen and oxygen atoms in total. The van der Waals surface area contributed by atoms with Crippen LogP contribution in [0.3, 0.4) is 0 Å². The number of hydrogen-bond donors (Lipinski definition) is 1. The number of rotatable bonds is 3. The molecule has 1 aromatic carbocycles. The van der Waals surface area contributed by atoms with E-state index in [0.717, 1.165) is 24.8 Å². The van der Waals surface area contributed by atoms with Gasteiger partial charge in [0, 0.05) is 10.4 Å². The van der Waals surface area contributed by atoms with Crippen molar-refractivity contribution in [2.75, 3.05) is 5.32 Å². The summed E-state index contributed by atoms with van der Waals surface area (Å²) in [6.07, 6.45) is 4.30. The first kappa shape index (κ1) is 14.8. The Morgan fingerprint density at radius 2 is 2.18 bits per heavy atom. The maximum atomic E-state index is 12.3. The molecule has 0 aliphatic heterocycles. The Labute approximate surface area is 134 Å². The molecule has 1 unspecified atom stereocenters. The minimum atomic E-state index is -0.150. The fourth-order valence-corrected chi connectivity index (χ4v) is 4.28. The molecule has 0 fully saturated rings. The van der Waals surface area contributed by atoms with E-state index in [2.05, 4.69) is 18.3 Å². The molecule has 0 saturated heterocycles. The summed E-state index contributed by atoms with van der Waals surface area (Å²) in [4.78, 5) is 13.6. The number of benzene rings is 1. The van der Waals surface area contributed by atoms with Gasteiger partial charge in [0.15, 0.2) is 0 Å². The van der Waals surface area contributed by atoms with Crippen molar-refractivity contribution >= 4 is 22.2 Å². The molecule has 3 rings (SSSR count). The normalized spacial score (nSPS) is 16.6. The highest BCUT2D eigenvalue weighted by Gasteiger charge is 2.25. The zero-order chi connectivity index (χ0) is 15.5. The van der Waals surface area contributed by atoms with Gasteiger partial charge in [0.05, 0.1) is 5.56 Å². The van der Waals surface area contributed by atoms with E-state index in [1.165, 1.54) is 11.3 Å². The fourth-order valence-electron chi connectivity index (χ4n) is 2.97. The van der Waals surface area contributed by atoms with Crippen molar-refractivity contribution in [3.63, 3.8) is 0 Å². The standard InChI is InChI=1S/C18H18N2OS/c1-2-12-8-9-14-15(11-19)18(22-16(14)10-12)20-17(21)13-6-4-3-5-7-13/h3-7,12H,2,8-10H2,1H3,(H,20,21). The number of nitrogens with one attached hydrogen (secondary N) is 1. The van der Waals surface area contributed by atoms with E-state index in [1.54, 1.807) is 23.5 Å². The third-order valence-electron chi connectivity index (χ3n) is 4.32. The number of hydrogen-bond acceptors (Lipinski definition) is 3. The maximum Gasteiger partial charge on any atom is 0.256 e. The maximum absolute atomic E-state index is 12.3. The first-order valence-corrected chi connectivity index (χ1v) is 8.45. The summed E-state index contributed by atoms with van der Waals surface area (Å²) in [5.74, 6) is 0.554. The van der Waals surface area contributed by atoms with E-state index >= 15 is 0 Å². The van der Waals surface area contributed by atoms with Gasteiger partial charge in [-0.15, -0.1) is 11.3 Å². The first-order chi connectivity index (χ1) is 10.7. The van der Waals surface area contributed by atoms with Crippen molar-refractivity contribution in [1.82, 2.24) is 0 Å². The lowest BCUT2D eigenvalue weighted by molar-refractivity contribution is 0.102. The average Bonchev–Trinajstić information content (AvgIpc) is 2.91. The van der Waals surface area contributed by atoms with Crippen LogP contribution in [0.1, 0.15) is 46.1 Å². The summed E-state index contributed by atoms with van der Waals surface area (Å²) in [5, 5.41) is 13.1. The van der Waals surface area contributed by atoms with Crippen molar-refractivity contribution in [1.29, 1.82) is 5.26 Å². The second kappa shape index (κ2) is 6.33. The lowest BCUT2D eigenvalue weighted by Crippen LogP contribution is -2.12. The Morgan fingerprint density at radius 3 is 2.86 bits per heavy atom. The van der Waals surface area contributed by atoms with Gasteiger partial charge >= 0.3 is 0 Å². The molecule has 1 aliphatic carbocycles. The molecule has 1 aliphatic rings. The molecule has 112 valence electrons. The summed E-state index contributed by atoms with van der Waals surface area (Å²) in [5.41, 5.74) is 2.43. The van der Waals surface area contributed by atoms with E-state index in [9.17, 15) is 10.1 Å². The second-order valence-corrected chi connectivity index (χ2v) is 6.76. The van der Waals surface area contributed by atoms with Crippen LogP contribution in [0, 0.1) is 17.2 Å². The molecule has 0 bridgehead atoms. The molecule has 22 heavy (non-hydrogen) atoms. The fraction of sp³-hybridized carbons (Fsp3) is 0.333. The van der Waals surface area contributed by atoms with Gasteiger partial charge in [0.25, 0.3) is 5.91 Å². The monoisotopic (exact) mass is 310 g/mol. The quantitative estimate of drug-likeness (QED) is 0.914. The largest absolute Gasteiger partial charge is 0.312 e. The van der Waals surface area contributed by atoms with E-state index in [0.29, 0.717) is 22.0 Å². The van der Waals surface area contributed by atoms with E-state index < -0.39 is 0 Å². The number of carbonyl (C=O) groups excluding carboxylic acids is 1. The molecule has 1 aromatic heterocycles. The molecule has 4 heteroatoms. The minimum absolute atomic E-state index is 0.150. The number of carbonyl (C=O) groups is 1. The molecular formula is C18H18N2OS. The third kappa shape index (κ3) is 2.77. The Balaban J connectivity index is 1.87.